The van der Waals surface area contributed by atoms with Gasteiger partial charge in [0, 0.05) is 17.1 Å². The highest BCUT2D eigenvalue weighted by molar-refractivity contribution is 6.30. The van der Waals surface area contributed by atoms with Gasteiger partial charge >= 0.3 is 12.0 Å². The number of aromatic carboxylic acids is 1. The molecular weight excluding hydrogens is 318 g/mol. The minimum atomic E-state index is -0.950. The fraction of sp³-hybridized carbons (Fsp3) is 0.0625. The molecule has 0 aliphatic rings. The zero-order valence-electron chi connectivity index (χ0n) is 11.9. The average molecular weight is 330 g/mol. The Labute approximate surface area is 136 Å². The van der Waals surface area contributed by atoms with E-state index in [4.69, 9.17) is 21.1 Å². The van der Waals surface area contributed by atoms with E-state index < -0.39 is 5.97 Å². The van der Waals surface area contributed by atoms with Crippen molar-refractivity contribution >= 4 is 23.6 Å². The van der Waals surface area contributed by atoms with Gasteiger partial charge < -0.3 is 14.8 Å². The lowest BCUT2D eigenvalue weighted by molar-refractivity contribution is 0.0697. The van der Waals surface area contributed by atoms with E-state index in [2.05, 4.69) is 15.5 Å². The lowest BCUT2D eigenvalue weighted by Crippen LogP contribution is -2.01. The number of nitrogens with one attached hydrogen (secondary N) is 1. The summed E-state index contributed by atoms with van der Waals surface area (Å²) in [6, 6.07) is 13.9. The molecule has 2 aromatic carbocycles. The van der Waals surface area contributed by atoms with Crippen LogP contribution in [0.25, 0.3) is 11.5 Å². The highest BCUT2D eigenvalue weighted by Gasteiger charge is 2.08. The monoisotopic (exact) mass is 329 g/mol. The number of rotatable bonds is 5. The van der Waals surface area contributed by atoms with Gasteiger partial charge in [-0.25, -0.2) is 4.79 Å². The molecule has 0 bridgehead atoms. The maximum atomic E-state index is 10.8. The zero-order chi connectivity index (χ0) is 16.2. The molecule has 0 spiro atoms. The summed E-state index contributed by atoms with van der Waals surface area (Å²) in [5, 5.41) is 20.4. The summed E-state index contributed by atoms with van der Waals surface area (Å²) in [5.74, 6) is -0.556. The third-order valence-electron chi connectivity index (χ3n) is 3.16. The van der Waals surface area contributed by atoms with E-state index >= 15 is 0 Å². The summed E-state index contributed by atoms with van der Waals surface area (Å²) in [5.41, 5.74) is 1.93. The number of aromatic nitrogens is 2. The molecule has 6 nitrogen and oxygen atoms in total. The normalized spacial score (nSPS) is 10.5. The van der Waals surface area contributed by atoms with Crippen LogP contribution in [0.4, 0.5) is 6.01 Å². The number of hydrogen-bond donors (Lipinski definition) is 2. The molecule has 0 saturated heterocycles. The van der Waals surface area contributed by atoms with Crippen molar-refractivity contribution in [3.05, 3.63) is 64.7 Å². The van der Waals surface area contributed by atoms with E-state index in [1.165, 1.54) is 0 Å². The Morgan fingerprint density at radius 3 is 2.43 bits per heavy atom. The minimum Gasteiger partial charge on any atom is -0.478 e. The molecule has 0 fully saturated rings. The quantitative estimate of drug-likeness (QED) is 0.742. The molecular formula is C16H12ClN3O3. The van der Waals surface area contributed by atoms with Crippen molar-refractivity contribution in [2.75, 3.05) is 5.32 Å². The first-order valence-corrected chi connectivity index (χ1v) is 7.15. The molecule has 2 N–H and O–H groups in total. The Morgan fingerprint density at radius 2 is 1.78 bits per heavy atom. The van der Waals surface area contributed by atoms with Crippen molar-refractivity contribution in [2.24, 2.45) is 0 Å². The van der Waals surface area contributed by atoms with Crippen molar-refractivity contribution in [1.29, 1.82) is 0 Å². The molecule has 7 heteroatoms. The van der Waals surface area contributed by atoms with E-state index in [0.717, 1.165) is 11.1 Å². The Bertz CT molecular complexity index is 813. The third-order valence-corrected chi connectivity index (χ3v) is 3.41. The smallest absolute Gasteiger partial charge is 0.335 e. The first-order chi connectivity index (χ1) is 11.1. The maximum absolute atomic E-state index is 10.8. The van der Waals surface area contributed by atoms with Crippen LogP contribution >= 0.6 is 11.6 Å². The number of carboxylic acid groups (broad SMARTS) is 1. The predicted molar refractivity (Wildman–Crippen MR) is 85.5 cm³/mol. The second kappa shape index (κ2) is 6.50. The molecule has 0 radical (unpaired) electrons. The van der Waals surface area contributed by atoms with Gasteiger partial charge in [0.1, 0.15) is 0 Å². The maximum Gasteiger partial charge on any atom is 0.335 e. The van der Waals surface area contributed by atoms with Crippen LogP contribution < -0.4 is 5.32 Å². The molecule has 1 aromatic heterocycles. The molecule has 0 atom stereocenters. The van der Waals surface area contributed by atoms with Crippen LogP contribution in [-0.2, 0) is 6.54 Å². The lowest BCUT2D eigenvalue weighted by atomic mass is 10.1. The standard InChI is InChI=1S/C16H12ClN3O3/c17-13-7-5-11(6-8-13)14-19-20-16(23-14)18-9-10-1-3-12(4-2-10)15(21)22/h1-8H,9H2,(H,18,20)(H,21,22). The lowest BCUT2D eigenvalue weighted by Gasteiger charge is -2.02. The van der Waals surface area contributed by atoms with Gasteiger partial charge in [-0.05, 0) is 42.0 Å². The van der Waals surface area contributed by atoms with Gasteiger partial charge in [0.05, 0.1) is 5.56 Å². The van der Waals surface area contributed by atoms with E-state index in [9.17, 15) is 4.79 Å². The first kappa shape index (κ1) is 15.1. The van der Waals surface area contributed by atoms with Crippen LogP contribution in [0.2, 0.25) is 5.02 Å². The highest BCUT2D eigenvalue weighted by atomic mass is 35.5. The van der Waals surface area contributed by atoms with Crippen molar-refractivity contribution in [1.82, 2.24) is 10.2 Å². The molecule has 116 valence electrons. The van der Waals surface area contributed by atoms with Gasteiger partial charge in [-0.2, -0.15) is 0 Å². The van der Waals surface area contributed by atoms with Crippen molar-refractivity contribution < 1.29 is 14.3 Å². The van der Waals surface area contributed by atoms with Crippen LogP contribution in [0.15, 0.2) is 52.9 Å². The van der Waals surface area contributed by atoms with E-state index in [1.54, 1.807) is 48.5 Å². The second-order valence-corrected chi connectivity index (χ2v) is 5.21. The SMILES string of the molecule is O=C(O)c1ccc(CNc2nnc(-c3ccc(Cl)cc3)o2)cc1. The van der Waals surface area contributed by atoms with Crippen LogP contribution in [-0.4, -0.2) is 21.3 Å². The average Bonchev–Trinajstić information content (AvgIpc) is 3.03. The minimum absolute atomic E-state index is 0.247. The number of halogens is 1. The molecule has 3 rings (SSSR count). The number of nitrogens with zero attached hydrogens (tertiary/aromatic N) is 2. The topological polar surface area (TPSA) is 88.2 Å². The molecule has 0 amide bonds. The molecule has 0 unspecified atom stereocenters. The summed E-state index contributed by atoms with van der Waals surface area (Å²) in [6.07, 6.45) is 0. The number of carboxylic acids is 1. The van der Waals surface area contributed by atoms with Crippen LogP contribution in [0.5, 0.6) is 0 Å². The largest absolute Gasteiger partial charge is 0.478 e. The molecule has 0 aliphatic carbocycles. The van der Waals surface area contributed by atoms with Crippen LogP contribution in [0.1, 0.15) is 15.9 Å². The second-order valence-electron chi connectivity index (χ2n) is 4.77. The van der Waals surface area contributed by atoms with Crippen molar-refractivity contribution in [3.8, 4) is 11.5 Å². The number of anilines is 1. The molecule has 0 aliphatic heterocycles. The fourth-order valence-electron chi connectivity index (χ4n) is 1.95. The first-order valence-electron chi connectivity index (χ1n) is 6.77. The Balaban J connectivity index is 1.65. The predicted octanol–water partition coefficient (Wildman–Crippen LogP) is 3.70. The van der Waals surface area contributed by atoms with Gasteiger partial charge in [0.2, 0.25) is 5.89 Å². The third kappa shape index (κ3) is 3.67. The Morgan fingerprint density at radius 1 is 1.09 bits per heavy atom. The van der Waals surface area contributed by atoms with E-state index in [1.807, 2.05) is 0 Å². The zero-order valence-corrected chi connectivity index (χ0v) is 12.6. The molecule has 0 saturated carbocycles. The van der Waals surface area contributed by atoms with Gasteiger partial charge in [0.15, 0.2) is 0 Å². The van der Waals surface area contributed by atoms with Gasteiger partial charge in [-0.15, -0.1) is 5.10 Å². The number of benzene rings is 2. The van der Waals surface area contributed by atoms with E-state index in [0.29, 0.717) is 17.5 Å². The van der Waals surface area contributed by atoms with Crippen molar-refractivity contribution in [2.45, 2.75) is 6.54 Å². The summed E-state index contributed by atoms with van der Waals surface area (Å²) in [7, 11) is 0. The highest BCUT2D eigenvalue weighted by Crippen LogP contribution is 2.21. The summed E-state index contributed by atoms with van der Waals surface area (Å²) >= 11 is 5.84. The summed E-state index contributed by atoms with van der Waals surface area (Å²) in [4.78, 5) is 10.8. The number of carbonyl (C=O) groups is 1. The summed E-state index contributed by atoms with van der Waals surface area (Å²) < 4.78 is 5.52. The van der Waals surface area contributed by atoms with Gasteiger partial charge in [-0.1, -0.05) is 28.8 Å². The molecule has 1 heterocycles. The van der Waals surface area contributed by atoms with Crippen LogP contribution in [0.3, 0.4) is 0 Å². The number of hydrogen-bond acceptors (Lipinski definition) is 5. The molecule has 3 aromatic rings. The summed E-state index contributed by atoms with van der Waals surface area (Å²) in [6.45, 7) is 0.447. The fourth-order valence-corrected chi connectivity index (χ4v) is 2.07. The Kier molecular flexibility index (Phi) is 4.25. The van der Waals surface area contributed by atoms with Crippen molar-refractivity contribution in [3.63, 3.8) is 0 Å². The van der Waals surface area contributed by atoms with Gasteiger partial charge in [0.25, 0.3) is 0 Å². The Hall–Kier alpha value is -2.86. The van der Waals surface area contributed by atoms with Gasteiger partial charge in [-0.3, -0.25) is 0 Å². The van der Waals surface area contributed by atoms with Crippen LogP contribution in [0, 0.1) is 0 Å². The van der Waals surface area contributed by atoms with E-state index in [-0.39, 0.29) is 11.6 Å². The molecule has 23 heavy (non-hydrogen) atoms.